The van der Waals surface area contributed by atoms with Crippen molar-refractivity contribution in [3.63, 3.8) is 0 Å². The lowest BCUT2D eigenvalue weighted by atomic mass is 10.0. The number of hydrazine groups is 1. The van der Waals surface area contributed by atoms with Crippen molar-refractivity contribution in [1.29, 1.82) is 0 Å². The number of rotatable bonds is 8. The molecule has 1 aromatic carbocycles. The van der Waals surface area contributed by atoms with E-state index in [1.54, 1.807) is 25.4 Å². The van der Waals surface area contributed by atoms with Gasteiger partial charge in [-0.25, -0.2) is 10.8 Å². The van der Waals surface area contributed by atoms with E-state index in [0.29, 0.717) is 5.84 Å². The molecule has 0 atom stereocenters. The summed E-state index contributed by atoms with van der Waals surface area (Å²) in [5, 5.41) is 8.59. The van der Waals surface area contributed by atoms with Gasteiger partial charge in [0.1, 0.15) is 11.6 Å². The topological polar surface area (TPSA) is 89.8 Å². The van der Waals surface area contributed by atoms with E-state index in [-0.39, 0.29) is 0 Å². The Hall–Kier alpha value is -2.12. The van der Waals surface area contributed by atoms with E-state index in [2.05, 4.69) is 15.5 Å². The highest BCUT2D eigenvalue weighted by Crippen LogP contribution is 2.26. The Morgan fingerprint density at radius 3 is 2.71 bits per heavy atom. The van der Waals surface area contributed by atoms with Gasteiger partial charge in [0.05, 0.1) is 23.5 Å². The van der Waals surface area contributed by atoms with Crippen molar-refractivity contribution in [3.8, 4) is 5.75 Å². The number of nitrogens with zero attached hydrogens (tertiary/aromatic N) is 3. The van der Waals surface area contributed by atoms with Gasteiger partial charge in [-0.3, -0.25) is 0 Å². The summed E-state index contributed by atoms with van der Waals surface area (Å²) in [6.07, 6.45) is 4.06. The lowest BCUT2D eigenvalue weighted by Crippen LogP contribution is -2.27. The average molecular weight is 347 g/mol. The number of anilines is 1. The number of hydrogen-bond acceptors (Lipinski definition) is 6. The van der Waals surface area contributed by atoms with Crippen LogP contribution in [0, 0.1) is 6.92 Å². The molecule has 2 aromatic rings. The number of amidine groups is 1. The standard InChI is InChI=1S/C17H25N5OS/c1-12(18)21-22(19)16-8-9-17(23-3)14(10-16)6-4-5-7-15-11-24-13(2)20-15/h8-11H,4-7,19H2,1-3H3,(H2,18,21). The van der Waals surface area contributed by atoms with Crippen LogP contribution >= 0.6 is 11.3 Å². The smallest absolute Gasteiger partial charge is 0.122 e. The van der Waals surface area contributed by atoms with Crippen molar-refractivity contribution in [3.05, 3.63) is 39.8 Å². The predicted octanol–water partition coefficient (Wildman–Crippen LogP) is 3.00. The monoisotopic (exact) mass is 347 g/mol. The minimum absolute atomic E-state index is 0.411. The summed E-state index contributed by atoms with van der Waals surface area (Å²) in [5.41, 5.74) is 8.66. The molecule has 0 spiro atoms. The van der Waals surface area contributed by atoms with Crippen molar-refractivity contribution in [2.24, 2.45) is 16.7 Å². The van der Waals surface area contributed by atoms with E-state index >= 15 is 0 Å². The van der Waals surface area contributed by atoms with Crippen LogP contribution in [0.1, 0.15) is 36.0 Å². The van der Waals surface area contributed by atoms with Gasteiger partial charge >= 0.3 is 0 Å². The molecule has 130 valence electrons. The van der Waals surface area contributed by atoms with E-state index in [1.165, 1.54) is 10.8 Å². The van der Waals surface area contributed by atoms with Crippen LogP contribution in [0.4, 0.5) is 5.69 Å². The molecule has 0 saturated carbocycles. The van der Waals surface area contributed by atoms with Crippen LogP contribution in [0.3, 0.4) is 0 Å². The predicted molar refractivity (Wildman–Crippen MR) is 100 cm³/mol. The third kappa shape index (κ3) is 5.21. The zero-order chi connectivity index (χ0) is 17.5. The molecule has 0 aliphatic heterocycles. The molecular formula is C17H25N5OS. The summed E-state index contributed by atoms with van der Waals surface area (Å²) in [4.78, 5) is 4.50. The Kier molecular flexibility index (Phi) is 6.57. The second-order valence-electron chi connectivity index (χ2n) is 5.65. The lowest BCUT2D eigenvalue weighted by Gasteiger charge is -2.16. The zero-order valence-electron chi connectivity index (χ0n) is 14.5. The summed E-state index contributed by atoms with van der Waals surface area (Å²) < 4.78 is 5.45. The van der Waals surface area contributed by atoms with Crippen LogP contribution in [-0.2, 0) is 12.8 Å². The number of hydrogen-bond donors (Lipinski definition) is 2. The number of hydrazone groups is 1. The summed E-state index contributed by atoms with van der Waals surface area (Å²) in [7, 11) is 1.68. The van der Waals surface area contributed by atoms with E-state index in [1.807, 2.05) is 25.1 Å². The molecule has 24 heavy (non-hydrogen) atoms. The van der Waals surface area contributed by atoms with E-state index in [0.717, 1.165) is 47.7 Å². The molecule has 0 saturated heterocycles. The Bertz CT molecular complexity index is 694. The molecule has 0 radical (unpaired) electrons. The summed E-state index contributed by atoms with van der Waals surface area (Å²) >= 11 is 1.70. The molecule has 2 rings (SSSR count). The number of methoxy groups -OCH3 is 1. The van der Waals surface area contributed by atoms with Crippen LogP contribution < -0.4 is 21.4 Å². The Morgan fingerprint density at radius 2 is 2.08 bits per heavy atom. The summed E-state index contributed by atoms with van der Waals surface area (Å²) in [5.74, 6) is 7.18. The van der Waals surface area contributed by atoms with E-state index in [4.69, 9.17) is 16.3 Å². The van der Waals surface area contributed by atoms with Crippen LogP contribution in [0.5, 0.6) is 5.75 Å². The van der Waals surface area contributed by atoms with Gasteiger partial charge in [-0.1, -0.05) is 0 Å². The number of nitrogens with two attached hydrogens (primary N) is 2. The Morgan fingerprint density at radius 1 is 1.33 bits per heavy atom. The largest absolute Gasteiger partial charge is 0.496 e. The van der Waals surface area contributed by atoms with Crippen LogP contribution in [-0.4, -0.2) is 17.9 Å². The summed E-state index contributed by atoms with van der Waals surface area (Å²) in [6.45, 7) is 3.74. The SMILES string of the molecule is COc1ccc(N(N)/N=C(/C)N)cc1CCCCc1csc(C)n1. The van der Waals surface area contributed by atoms with Crippen LogP contribution in [0.2, 0.25) is 0 Å². The fraction of sp³-hybridized carbons (Fsp3) is 0.412. The third-order valence-electron chi connectivity index (χ3n) is 3.59. The fourth-order valence-corrected chi connectivity index (χ4v) is 3.12. The van der Waals surface area contributed by atoms with E-state index in [9.17, 15) is 0 Å². The third-order valence-corrected chi connectivity index (χ3v) is 4.41. The van der Waals surface area contributed by atoms with Gasteiger partial charge in [-0.15, -0.1) is 16.4 Å². The number of aryl methyl sites for hydroxylation is 3. The molecule has 0 fully saturated rings. The molecule has 1 aromatic heterocycles. The second kappa shape index (κ2) is 8.65. The van der Waals surface area contributed by atoms with E-state index < -0.39 is 0 Å². The lowest BCUT2D eigenvalue weighted by molar-refractivity contribution is 0.409. The molecule has 0 unspecified atom stereocenters. The first kappa shape index (κ1) is 18.2. The maximum Gasteiger partial charge on any atom is 0.122 e. The van der Waals surface area contributed by atoms with Gasteiger partial charge in [0.15, 0.2) is 0 Å². The van der Waals surface area contributed by atoms with Crippen molar-refractivity contribution in [2.75, 3.05) is 12.2 Å². The molecule has 0 aliphatic rings. The molecule has 1 heterocycles. The molecule has 7 heteroatoms. The van der Waals surface area contributed by atoms with Gasteiger partial charge in [0, 0.05) is 5.38 Å². The van der Waals surface area contributed by atoms with Crippen molar-refractivity contribution >= 4 is 22.9 Å². The zero-order valence-corrected chi connectivity index (χ0v) is 15.3. The van der Waals surface area contributed by atoms with Gasteiger partial charge in [0.2, 0.25) is 0 Å². The molecule has 0 bridgehead atoms. The Balaban J connectivity index is 1.98. The number of benzene rings is 1. The molecule has 4 N–H and O–H groups in total. The Labute approximate surface area is 147 Å². The first-order valence-electron chi connectivity index (χ1n) is 7.93. The fourth-order valence-electron chi connectivity index (χ4n) is 2.48. The van der Waals surface area contributed by atoms with Crippen molar-refractivity contribution in [1.82, 2.24) is 4.98 Å². The quantitative estimate of drug-likeness (QED) is 0.252. The molecule has 0 aliphatic carbocycles. The number of ether oxygens (including phenoxy) is 1. The minimum Gasteiger partial charge on any atom is -0.496 e. The molecular weight excluding hydrogens is 322 g/mol. The normalized spacial score (nSPS) is 11.6. The van der Waals surface area contributed by atoms with Gasteiger partial charge in [-0.05, 0) is 63.3 Å². The van der Waals surface area contributed by atoms with Crippen molar-refractivity contribution < 1.29 is 4.74 Å². The first-order valence-corrected chi connectivity index (χ1v) is 8.81. The summed E-state index contributed by atoms with van der Waals surface area (Å²) in [6, 6.07) is 5.78. The van der Waals surface area contributed by atoms with Crippen molar-refractivity contribution in [2.45, 2.75) is 39.5 Å². The highest BCUT2D eigenvalue weighted by molar-refractivity contribution is 7.09. The van der Waals surface area contributed by atoms with Gasteiger partial charge in [0.25, 0.3) is 0 Å². The van der Waals surface area contributed by atoms with Gasteiger partial charge < -0.3 is 10.5 Å². The molecule has 0 amide bonds. The second-order valence-corrected chi connectivity index (χ2v) is 6.71. The maximum absolute atomic E-state index is 5.91. The average Bonchev–Trinajstić information content (AvgIpc) is 2.96. The van der Waals surface area contributed by atoms with Crippen LogP contribution in [0.25, 0.3) is 0 Å². The molecule has 6 nitrogen and oxygen atoms in total. The highest BCUT2D eigenvalue weighted by atomic mass is 32.1. The van der Waals surface area contributed by atoms with Crippen LogP contribution in [0.15, 0.2) is 28.7 Å². The maximum atomic E-state index is 5.91. The first-order chi connectivity index (χ1) is 11.5. The minimum atomic E-state index is 0.411. The number of aromatic nitrogens is 1. The number of thiazole rings is 1. The highest BCUT2D eigenvalue weighted by Gasteiger charge is 2.08. The van der Waals surface area contributed by atoms with Gasteiger partial charge in [-0.2, -0.15) is 5.12 Å². The number of unbranched alkanes of at least 4 members (excludes halogenated alkanes) is 1.